The second-order valence-electron chi connectivity index (χ2n) is 8.99. The van der Waals surface area contributed by atoms with Crippen molar-refractivity contribution in [1.82, 2.24) is 15.5 Å². The third-order valence-electron chi connectivity index (χ3n) is 5.52. The fourth-order valence-electron chi connectivity index (χ4n) is 4.28. The van der Waals surface area contributed by atoms with E-state index < -0.39 is 0 Å². The van der Waals surface area contributed by atoms with E-state index in [0.29, 0.717) is 12.0 Å². The SMILES string of the molecule is CN=C(NCCN1CCCC(C)C1)NCC1CCCOC1C(C)(C)C. The van der Waals surface area contributed by atoms with Crippen LogP contribution >= 0.6 is 0 Å². The molecule has 3 atom stereocenters. The largest absolute Gasteiger partial charge is 0.377 e. The van der Waals surface area contributed by atoms with Crippen LogP contribution in [0, 0.1) is 17.3 Å². The summed E-state index contributed by atoms with van der Waals surface area (Å²) in [5.41, 5.74) is 0.189. The summed E-state index contributed by atoms with van der Waals surface area (Å²) in [4.78, 5) is 6.96. The van der Waals surface area contributed by atoms with Gasteiger partial charge in [-0.15, -0.1) is 0 Å². The molecular weight excluding hydrogens is 312 g/mol. The van der Waals surface area contributed by atoms with Crippen LogP contribution in [-0.4, -0.2) is 63.3 Å². The normalized spacial score (nSPS) is 29.5. The first-order chi connectivity index (χ1) is 11.9. The van der Waals surface area contributed by atoms with E-state index in [4.69, 9.17) is 4.74 Å². The zero-order valence-electron chi connectivity index (χ0n) is 17.1. The highest BCUT2D eigenvalue weighted by Crippen LogP contribution is 2.33. The molecule has 25 heavy (non-hydrogen) atoms. The number of rotatable bonds is 5. The minimum atomic E-state index is 0.189. The van der Waals surface area contributed by atoms with Crippen LogP contribution in [0.2, 0.25) is 0 Å². The topological polar surface area (TPSA) is 48.9 Å². The van der Waals surface area contributed by atoms with Gasteiger partial charge in [0, 0.05) is 45.8 Å². The van der Waals surface area contributed by atoms with Gasteiger partial charge in [-0.3, -0.25) is 4.99 Å². The Bertz CT molecular complexity index is 418. The molecule has 2 saturated heterocycles. The van der Waals surface area contributed by atoms with Crippen LogP contribution < -0.4 is 10.6 Å². The summed E-state index contributed by atoms with van der Waals surface area (Å²) < 4.78 is 6.08. The number of nitrogens with zero attached hydrogens (tertiary/aromatic N) is 2. The summed E-state index contributed by atoms with van der Waals surface area (Å²) in [6.45, 7) is 15.6. The lowest BCUT2D eigenvalue weighted by Crippen LogP contribution is -2.48. The number of hydrogen-bond donors (Lipinski definition) is 2. The molecule has 2 fully saturated rings. The Kier molecular flexibility index (Phi) is 8.01. The highest BCUT2D eigenvalue weighted by molar-refractivity contribution is 5.79. The van der Waals surface area contributed by atoms with Crippen molar-refractivity contribution in [2.45, 2.75) is 59.5 Å². The van der Waals surface area contributed by atoms with E-state index in [1.807, 2.05) is 7.05 Å². The number of nitrogens with one attached hydrogen (secondary N) is 2. The molecule has 146 valence electrons. The van der Waals surface area contributed by atoms with Gasteiger partial charge in [0.15, 0.2) is 5.96 Å². The van der Waals surface area contributed by atoms with Crippen LogP contribution in [0.1, 0.15) is 53.4 Å². The highest BCUT2D eigenvalue weighted by Gasteiger charge is 2.35. The molecule has 0 aromatic heterocycles. The van der Waals surface area contributed by atoms with Crippen molar-refractivity contribution < 1.29 is 4.74 Å². The number of likely N-dealkylation sites (tertiary alicyclic amines) is 1. The van der Waals surface area contributed by atoms with Gasteiger partial charge in [0.05, 0.1) is 6.10 Å². The average molecular weight is 353 g/mol. The first-order valence-electron chi connectivity index (χ1n) is 10.2. The van der Waals surface area contributed by atoms with Gasteiger partial charge in [0.25, 0.3) is 0 Å². The highest BCUT2D eigenvalue weighted by atomic mass is 16.5. The monoisotopic (exact) mass is 352 g/mol. The van der Waals surface area contributed by atoms with Gasteiger partial charge in [0.1, 0.15) is 0 Å². The number of guanidine groups is 1. The molecule has 0 amide bonds. The van der Waals surface area contributed by atoms with Crippen LogP contribution in [0.15, 0.2) is 4.99 Å². The molecule has 0 aliphatic carbocycles. The van der Waals surface area contributed by atoms with E-state index >= 15 is 0 Å². The van der Waals surface area contributed by atoms with Crippen molar-refractivity contribution in [3.05, 3.63) is 0 Å². The molecular formula is C20H40N4O. The van der Waals surface area contributed by atoms with Gasteiger partial charge in [-0.05, 0) is 43.6 Å². The van der Waals surface area contributed by atoms with Crippen molar-refractivity contribution in [3.63, 3.8) is 0 Å². The molecule has 2 heterocycles. The van der Waals surface area contributed by atoms with E-state index in [2.05, 4.69) is 48.2 Å². The second-order valence-corrected chi connectivity index (χ2v) is 8.99. The minimum Gasteiger partial charge on any atom is -0.377 e. The molecule has 0 aromatic carbocycles. The van der Waals surface area contributed by atoms with Gasteiger partial charge in [-0.1, -0.05) is 27.7 Å². The van der Waals surface area contributed by atoms with E-state index in [9.17, 15) is 0 Å². The fourth-order valence-corrected chi connectivity index (χ4v) is 4.28. The molecule has 5 nitrogen and oxygen atoms in total. The number of ether oxygens (including phenoxy) is 1. The molecule has 0 spiro atoms. The van der Waals surface area contributed by atoms with Crippen molar-refractivity contribution in [3.8, 4) is 0 Å². The molecule has 0 bridgehead atoms. The molecule has 5 heteroatoms. The van der Waals surface area contributed by atoms with Crippen molar-refractivity contribution in [2.24, 2.45) is 22.2 Å². The Hall–Kier alpha value is -0.810. The molecule has 2 N–H and O–H groups in total. The smallest absolute Gasteiger partial charge is 0.191 e. The average Bonchev–Trinajstić information content (AvgIpc) is 2.57. The quantitative estimate of drug-likeness (QED) is 0.590. The van der Waals surface area contributed by atoms with E-state index in [1.54, 1.807) is 0 Å². The maximum atomic E-state index is 6.08. The van der Waals surface area contributed by atoms with Gasteiger partial charge in [-0.25, -0.2) is 0 Å². The third-order valence-corrected chi connectivity index (χ3v) is 5.52. The molecule has 0 saturated carbocycles. The summed E-state index contributed by atoms with van der Waals surface area (Å²) >= 11 is 0. The first kappa shape index (κ1) is 20.5. The third kappa shape index (κ3) is 6.78. The number of hydrogen-bond acceptors (Lipinski definition) is 3. The predicted octanol–water partition coefficient (Wildman–Crippen LogP) is 2.72. The van der Waals surface area contributed by atoms with Crippen LogP contribution in [0.5, 0.6) is 0 Å². The van der Waals surface area contributed by atoms with Crippen molar-refractivity contribution in [1.29, 1.82) is 0 Å². The summed E-state index contributed by atoms with van der Waals surface area (Å²) in [5, 5.41) is 7.01. The molecule has 2 aliphatic heterocycles. The Morgan fingerprint density at radius 3 is 2.68 bits per heavy atom. The van der Waals surface area contributed by atoms with E-state index in [-0.39, 0.29) is 5.41 Å². The second kappa shape index (κ2) is 9.77. The van der Waals surface area contributed by atoms with Crippen molar-refractivity contribution >= 4 is 5.96 Å². The zero-order chi connectivity index (χ0) is 18.3. The predicted molar refractivity (Wildman–Crippen MR) is 106 cm³/mol. The van der Waals surface area contributed by atoms with E-state index in [1.165, 1.54) is 32.4 Å². The lowest BCUT2D eigenvalue weighted by atomic mass is 9.78. The molecule has 2 rings (SSSR count). The number of piperidine rings is 1. The van der Waals surface area contributed by atoms with Crippen LogP contribution in [0.25, 0.3) is 0 Å². The Morgan fingerprint density at radius 1 is 1.20 bits per heavy atom. The van der Waals surface area contributed by atoms with Crippen LogP contribution in [-0.2, 0) is 4.74 Å². The van der Waals surface area contributed by atoms with Crippen LogP contribution in [0.3, 0.4) is 0 Å². The van der Waals surface area contributed by atoms with Gasteiger partial charge < -0.3 is 20.3 Å². The maximum absolute atomic E-state index is 6.08. The lowest BCUT2D eigenvalue weighted by Gasteiger charge is -2.40. The minimum absolute atomic E-state index is 0.189. The standard InChI is InChI=1S/C20H40N4O/c1-16-8-6-11-24(15-16)12-10-22-19(21-5)23-14-17-9-7-13-25-18(17)20(2,3)4/h16-18H,6-15H2,1-5H3,(H2,21,22,23). The summed E-state index contributed by atoms with van der Waals surface area (Å²) in [6, 6.07) is 0. The van der Waals surface area contributed by atoms with E-state index in [0.717, 1.165) is 44.5 Å². The fraction of sp³-hybridized carbons (Fsp3) is 0.950. The maximum Gasteiger partial charge on any atom is 0.191 e. The lowest BCUT2D eigenvalue weighted by molar-refractivity contribution is -0.0835. The first-order valence-corrected chi connectivity index (χ1v) is 10.2. The number of aliphatic imine (C=N–C) groups is 1. The van der Waals surface area contributed by atoms with Gasteiger partial charge in [-0.2, -0.15) is 0 Å². The van der Waals surface area contributed by atoms with Gasteiger partial charge >= 0.3 is 0 Å². The molecule has 0 aromatic rings. The summed E-state index contributed by atoms with van der Waals surface area (Å²) in [7, 11) is 1.86. The van der Waals surface area contributed by atoms with Crippen molar-refractivity contribution in [2.75, 3.05) is 46.4 Å². The van der Waals surface area contributed by atoms with Crippen LogP contribution in [0.4, 0.5) is 0 Å². The summed E-state index contributed by atoms with van der Waals surface area (Å²) in [6.07, 6.45) is 5.44. The Morgan fingerprint density at radius 2 is 2.00 bits per heavy atom. The molecule has 2 aliphatic rings. The zero-order valence-corrected chi connectivity index (χ0v) is 17.1. The summed E-state index contributed by atoms with van der Waals surface area (Å²) in [5.74, 6) is 2.31. The Labute approximate surface area is 155 Å². The van der Waals surface area contributed by atoms with Gasteiger partial charge in [0.2, 0.25) is 0 Å². The molecule has 0 radical (unpaired) electrons. The molecule has 3 unspecified atom stereocenters. The Balaban J connectivity index is 1.72.